The van der Waals surface area contributed by atoms with E-state index in [1.54, 1.807) is 24.2 Å². The van der Waals surface area contributed by atoms with Crippen LogP contribution < -0.4 is 0 Å². The van der Waals surface area contributed by atoms with Crippen molar-refractivity contribution in [2.24, 2.45) is 0 Å². The molecular weight excluding hydrogens is 350 g/mol. The standard InChI is InChI=1S/C17H17N7OS/c1-11-10-12(2)24-16(19-11)21-22-17(24)26-9-3-4-14-20-15(23-25-14)13-5-7-18-8-6-13/h5-8,10H,3-4,9H2,1-2H3. The van der Waals surface area contributed by atoms with Gasteiger partial charge in [-0.1, -0.05) is 16.9 Å². The fourth-order valence-electron chi connectivity index (χ4n) is 2.66. The molecule has 0 bridgehead atoms. The van der Waals surface area contributed by atoms with E-state index in [2.05, 4.69) is 30.3 Å². The molecule has 4 rings (SSSR count). The lowest BCUT2D eigenvalue weighted by Gasteiger charge is -2.03. The molecule has 4 aromatic heterocycles. The van der Waals surface area contributed by atoms with Crippen LogP contribution in [-0.2, 0) is 6.42 Å². The summed E-state index contributed by atoms with van der Waals surface area (Å²) in [5, 5.41) is 13.3. The molecule has 4 heterocycles. The Morgan fingerprint density at radius 2 is 1.96 bits per heavy atom. The van der Waals surface area contributed by atoms with E-state index in [0.29, 0.717) is 17.5 Å². The first-order valence-corrected chi connectivity index (χ1v) is 9.24. The van der Waals surface area contributed by atoms with Crippen molar-refractivity contribution >= 4 is 17.5 Å². The number of aryl methyl sites for hydroxylation is 3. The van der Waals surface area contributed by atoms with Gasteiger partial charge in [0.05, 0.1) is 0 Å². The molecule has 0 radical (unpaired) electrons. The van der Waals surface area contributed by atoms with Gasteiger partial charge in [-0.2, -0.15) is 4.98 Å². The summed E-state index contributed by atoms with van der Waals surface area (Å²) in [5.41, 5.74) is 2.93. The van der Waals surface area contributed by atoms with Crippen LogP contribution in [0.4, 0.5) is 0 Å². The summed E-state index contributed by atoms with van der Waals surface area (Å²) < 4.78 is 7.30. The van der Waals surface area contributed by atoms with E-state index < -0.39 is 0 Å². The largest absolute Gasteiger partial charge is 0.339 e. The maximum absolute atomic E-state index is 5.32. The number of thioether (sulfide) groups is 1. The molecule has 0 amide bonds. The SMILES string of the molecule is Cc1cc(C)n2c(SCCCc3nc(-c4ccncc4)no3)nnc2n1. The Bertz CT molecular complexity index is 1030. The highest BCUT2D eigenvalue weighted by molar-refractivity contribution is 7.99. The Labute approximate surface area is 154 Å². The van der Waals surface area contributed by atoms with Gasteiger partial charge in [-0.05, 0) is 38.5 Å². The molecule has 9 heteroatoms. The molecule has 0 saturated heterocycles. The zero-order chi connectivity index (χ0) is 17.9. The third-order valence-electron chi connectivity index (χ3n) is 3.84. The Kier molecular flexibility index (Phi) is 4.61. The molecular formula is C17H17N7OS. The van der Waals surface area contributed by atoms with Crippen molar-refractivity contribution in [3.8, 4) is 11.4 Å². The van der Waals surface area contributed by atoms with Crippen LogP contribution in [0.3, 0.4) is 0 Å². The van der Waals surface area contributed by atoms with E-state index >= 15 is 0 Å². The lowest BCUT2D eigenvalue weighted by atomic mass is 10.2. The van der Waals surface area contributed by atoms with Crippen molar-refractivity contribution in [2.45, 2.75) is 31.8 Å². The first-order valence-electron chi connectivity index (χ1n) is 8.26. The molecule has 0 unspecified atom stereocenters. The van der Waals surface area contributed by atoms with Gasteiger partial charge in [-0.25, -0.2) is 4.98 Å². The minimum absolute atomic E-state index is 0.593. The summed E-state index contributed by atoms with van der Waals surface area (Å²) in [5.74, 6) is 2.75. The number of rotatable bonds is 6. The zero-order valence-electron chi connectivity index (χ0n) is 14.5. The monoisotopic (exact) mass is 367 g/mol. The summed E-state index contributed by atoms with van der Waals surface area (Å²) >= 11 is 1.65. The summed E-state index contributed by atoms with van der Waals surface area (Å²) in [6.45, 7) is 3.99. The predicted molar refractivity (Wildman–Crippen MR) is 96.8 cm³/mol. The van der Waals surface area contributed by atoms with Crippen LogP contribution in [0, 0.1) is 13.8 Å². The maximum atomic E-state index is 5.32. The molecule has 0 aliphatic carbocycles. The van der Waals surface area contributed by atoms with Crippen molar-refractivity contribution in [1.29, 1.82) is 0 Å². The second-order valence-corrected chi connectivity index (χ2v) is 6.92. The quantitative estimate of drug-likeness (QED) is 0.379. The van der Waals surface area contributed by atoms with Gasteiger partial charge >= 0.3 is 0 Å². The van der Waals surface area contributed by atoms with Crippen molar-refractivity contribution < 1.29 is 4.52 Å². The van der Waals surface area contributed by atoms with Gasteiger partial charge in [0, 0.05) is 41.5 Å². The van der Waals surface area contributed by atoms with Crippen molar-refractivity contribution in [3.05, 3.63) is 47.9 Å². The molecule has 0 aliphatic rings. The second-order valence-electron chi connectivity index (χ2n) is 5.86. The van der Waals surface area contributed by atoms with Crippen LogP contribution in [0.25, 0.3) is 17.2 Å². The Morgan fingerprint density at radius 3 is 2.81 bits per heavy atom. The molecule has 0 aliphatic heterocycles. The summed E-state index contributed by atoms with van der Waals surface area (Å²) in [6.07, 6.45) is 5.04. The van der Waals surface area contributed by atoms with Crippen LogP contribution >= 0.6 is 11.8 Å². The van der Waals surface area contributed by atoms with Gasteiger partial charge < -0.3 is 4.52 Å². The number of hydrogen-bond donors (Lipinski definition) is 0. The molecule has 0 atom stereocenters. The lowest BCUT2D eigenvalue weighted by Crippen LogP contribution is -1.98. The molecule has 26 heavy (non-hydrogen) atoms. The van der Waals surface area contributed by atoms with E-state index in [1.807, 2.05) is 36.4 Å². The zero-order valence-corrected chi connectivity index (χ0v) is 15.3. The van der Waals surface area contributed by atoms with E-state index in [4.69, 9.17) is 4.52 Å². The Hall–Kier alpha value is -2.81. The summed E-state index contributed by atoms with van der Waals surface area (Å²) in [6, 6.07) is 5.75. The fraction of sp³-hybridized carbons (Fsp3) is 0.294. The third-order valence-corrected chi connectivity index (χ3v) is 4.85. The molecule has 0 aromatic carbocycles. The van der Waals surface area contributed by atoms with Crippen molar-refractivity contribution in [1.82, 2.24) is 34.7 Å². The van der Waals surface area contributed by atoms with Crippen LogP contribution in [0.5, 0.6) is 0 Å². The first-order chi connectivity index (χ1) is 12.7. The summed E-state index contributed by atoms with van der Waals surface area (Å²) in [7, 11) is 0. The fourth-order valence-corrected chi connectivity index (χ4v) is 3.58. The lowest BCUT2D eigenvalue weighted by molar-refractivity contribution is 0.378. The molecule has 0 N–H and O–H groups in total. The molecule has 4 aromatic rings. The smallest absolute Gasteiger partial charge is 0.256 e. The average molecular weight is 367 g/mol. The van der Waals surface area contributed by atoms with Crippen molar-refractivity contribution in [2.75, 3.05) is 5.75 Å². The van der Waals surface area contributed by atoms with Gasteiger partial charge in [-0.15, -0.1) is 10.2 Å². The van der Waals surface area contributed by atoms with Gasteiger partial charge in [0.1, 0.15) is 0 Å². The number of aromatic nitrogens is 7. The second kappa shape index (κ2) is 7.20. The molecule has 8 nitrogen and oxygen atoms in total. The highest BCUT2D eigenvalue weighted by Gasteiger charge is 2.11. The topological polar surface area (TPSA) is 94.9 Å². The predicted octanol–water partition coefficient (Wildman–Crippen LogP) is 2.91. The minimum atomic E-state index is 0.593. The summed E-state index contributed by atoms with van der Waals surface area (Å²) in [4.78, 5) is 12.8. The van der Waals surface area contributed by atoms with E-state index in [9.17, 15) is 0 Å². The molecule has 132 valence electrons. The van der Waals surface area contributed by atoms with Gasteiger partial charge in [-0.3, -0.25) is 9.38 Å². The van der Waals surface area contributed by atoms with E-state index in [0.717, 1.165) is 40.7 Å². The Morgan fingerprint density at radius 1 is 1.12 bits per heavy atom. The number of pyridine rings is 1. The molecule has 0 spiro atoms. The van der Waals surface area contributed by atoms with Crippen LogP contribution in [0.2, 0.25) is 0 Å². The number of hydrogen-bond acceptors (Lipinski definition) is 8. The minimum Gasteiger partial charge on any atom is -0.339 e. The van der Waals surface area contributed by atoms with Crippen LogP contribution in [-0.4, -0.2) is 40.5 Å². The van der Waals surface area contributed by atoms with Gasteiger partial charge in [0.25, 0.3) is 5.78 Å². The Balaban J connectivity index is 1.36. The third kappa shape index (κ3) is 3.43. The highest BCUT2D eigenvalue weighted by atomic mass is 32.2. The number of fused-ring (bicyclic) bond motifs is 1. The highest BCUT2D eigenvalue weighted by Crippen LogP contribution is 2.20. The van der Waals surface area contributed by atoms with Crippen LogP contribution in [0.15, 0.2) is 40.3 Å². The van der Waals surface area contributed by atoms with Crippen LogP contribution in [0.1, 0.15) is 23.7 Å². The van der Waals surface area contributed by atoms with Gasteiger partial charge in [0.15, 0.2) is 5.16 Å². The van der Waals surface area contributed by atoms with Crippen molar-refractivity contribution in [3.63, 3.8) is 0 Å². The van der Waals surface area contributed by atoms with Gasteiger partial charge in [0.2, 0.25) is 11.7 Å². The maximum Gasteiger partial charge on any atom is 0.256 e. The first kappa shape index (κ1) is 16.6. The average Bonchev–Trinajstić information content (AvgIpc) is 3.27. The number of nitrogens with zero attached hydrogens (tertiary/aromatic N) is 7. The molecule has 0 fully saturated rings. The normalized spacial score (nSPS) is 11.3. The molecule has 0 saturated carbocycles. The van der Waals surface area contributed by atoms with E-state index in [1.165, 1.54) is 0 Å². The van der Waals surface area contributed by atoms with E-state index in [-0.39, 0.29) is 0 Å².